The van der Waals surface area contributed by atoms with Crippen molar-refractivity contribution in [2.24, 2.45) is 0 Å². The SMILES string of the molecule is CCN(Cc1cccs1)C(=O)CCc1c(C)nc2ncnn2c1C. The fourth-order valence-corrected chi connectivity index (χ4v) is 3.59. The Morgan fingerprint density at radius 2 is 2.21 bits per heavy atom. The molecule has 0 aromatic carbocycles. The van der Waals surface area contributed by atoms with E-state index in [1.54, 1.807) is 15.9 Å². The fourth-order valence-electron chi connectivity index (χ4n) is 2.87. The molecule has 0 N–H and O–H groups in total. The molecule has 24 heavy (non-hydrogen) atoms. The number of hydrogen-bond acceptors (Lipinski definition) is 5. The second-order valence-corrected chi connectivity index (χ2v) is 6.75. The largest absolute Gasteiger partial charge is 0.338 e. The van der Waals surface area contributed by atoms with E-state index in [1.165, 1.54) is 11.2 Å². The minimum atomic E-state index is 0.170. The molecule has 126 valence electrons. The van der Waals surface area contributed by atoms with Gasteiger partial charge in [0.1, 0.15) is 6.33 Å². The van der Waals surface area contributed by atoms with E-state index < -0.39 is 0 Å². The van der Waals surface area contributed by atoms with Crippen molar-refractivity contribution in [2.75, 3.05) is 6.54 Å². The normalized spacial score (nSPS) is 11.1. The van der Waals surface area contributed by atoms with Crippen LogP contribution in [0.2, 0.25) is 0 Å². The first-order chi connectivity index (χ1) is 11.6. The van der Waals surface area contributed by atoms with E-state index in [0.29, 0.717) is 25.2 Å². The van der Waals surface area contributed by atoms with Gasteiger partial charge in [0.2, 0.25) is 5.91 Å². The van der Waals surface area contributed by atoms with E-state index in [9.17, 15) is 4.79 Å². The van der Waals surface area contributed by atoms with E-state index in [4.69, 9.17) is 0 Å². The van der Waals surface area contributed by atoms with Gasteiger partial charge in [0.15, 0.2) is 0 Å². The lowest BCUT2D eigenvalue weighted by molar-refractivity contribution is -0.131. The standard InChI is InChI=1S/C17H21N5OS/c1-4-21(10-14-6-5-9-24-14)16(23)8-7-15-12(2)20-17-18-11-19-22(17)13(15)3/h5-6,9,11H,4,7-8,10H2,1-3H3. The van der Waals surface area contributed by atoms with Crippen LogP contribution < -0.4 is 0 Å². The van der Waals surface area contributed by atoms with Gasteiger partial charge in [0.05, 0.1) is 6.54 Å². The predicted octanol–water partition coefficient (Wildman–Crippen LogP) is 2.78. The minimum Gasteiger partial charge on any atom is -0.338 e. The summed E-state index contributed by atoms with van der Waals surface area (Å²) in [7, 11) is 0. The van der Waals surface area contributed by atoms with Crippen LogP contribution in [0.3, 0.4) is 0 Å². The summed E-state index contributed by atoms with van der Waals surface area (Å²) in [5.41, 5.74) is 3.00. The van der Waals surface area contributed by atoms with Gasteiger partial charge < -0.3 is 4.90 Å². The molecule has 0 spiro atoms. The summed E-state index contributed by atoms with van der Waals surface area (Å²) in [6.07, 6.45) is 2.65. The highest BCUT2D eigenvalue weighted by Gasteiger charge is 2.16. The molecule has 0 atom stereocenters. The number of nitrogens with zero attached hydrogens (tertiary/aromatic N) is 5. The van der Waals surface area contributed by atoms with Crippen molar-refractivity contribution >= 4 is 23.0 Å². The Kier molecular flexibility index (Phi) is 4.89. The average molecular weight is 343 g/mol. The number of aromatic nitrogens is 4. The molecule has 0 fully saturated rings. The number of thiophene rings is 1. The van der Waals surface area contributed by atoms with Crippen LogP contribution in [0.25, 0.3) is 5.78 Å². The summed E-state index contributed by atoms with van der Waals surface area (Å²) < 4.78 is 1.73. The molecular formula is C17H21N5OS. The highest BCUT2D eigenvalue weighted by atomic mass is 32.1. The molecule has 3 rings (SSSR count). The Morgan fingerprint density at radius 3 is 2.92 bits per heavy atom. The second kappa shape index (κ2) is 7.09. The lowest BCUT2D eigenvalue weighted by atomic mass is 10.1. The van der Waals surface area contributed by atoms with Crippen molar-refractivity contribution in [3.63, 3.8) is 0 Å². The summed E-state index contributed by atoms with van der Waals surface area (Å²) in [6.45, 7) is 7.38. The maximum atomic E-state index is 12.6. The zero-order valence-electron chi connectivity index (χ0n) is 14.2. The Hall–Kier alpha value is -2.28. The molecule has 3 aromatic heterocycles. The number of hydrogen-bond donors (Lipinski definition) is 0. The van der Waals surface area contributed by atoms with Crippen LogP contribution in [0.1, 0.15) is 35.2 Å². The maximum Gasteiger partial charge on any atom is 0.252 e. The Bertz CT molecular complexity index is 840. The van der Waals surface area contributed by atoms with Crippen LogP contribution in [-0.4, -0.2) is 36.9 Å². The van der Waals surface area contributed by atoms with Gasteiger partial charge in [0.25, 0.3) is 5.78 Å². The van der Waals surface area contributed by atoms with Crippen LogP contribution in [0.5, 0.6) is 0 Å². The third-order valence-corrected chi connectivity index (χ3v) is 5.10. The van der Waals surface area contributed by atoms with Gasteiger partial charge >= 0.3 is 0 Å². The fraction of sp³-hybridized carbons (Fsp3) is 0.412. The third-order valence-electron chi connectivity index (χ3n) is 4.24. The van der Waals surface area contributed by atoms with Crippen LogP contribution in [0, 0.1) is 13.8 Å². The molecule has 0 aliphatic carbocycles. The molecule has 3 heterocycles. The van der Waals surface area contributed by atoms with Gasteiger partial charge in [-0.05, 0) is 44.2 Å². The molecule has 0 aliphatic heterocycles. The smallest absolute Gasteiger partial charge is 0.252 e. The minimum absolute atomic E-state index is 0.170. The number of rotatable bonds is 6. The Balaban J connectivity index is 1.71. The van der Waals surface area contributed by atoms with Crippen LogP contribution in [0.15, 0.2) is 23.8 Å². The van der Waals surface area contributed by atoms with Crippen molar-refractivity contribution in [2.45, 2.75) is 40.2 Å². The molecule has 3 aromatic rings. The molecule has 0 aliphatic rings. The van der Waals surface area contributed by atoms with Crippen LogP contribution in [-0.2, 0) is 17.8 Å². The summed E-state index contributed by atoms with van der Waals surface area (Å²) in [6, 6.07) is 4.08. The average Bonchev–Trinajstić information content (AvgIpc) is 3.23. The number of fused-ring (bicyclic) bond motifs is 1. The van der Waals surface area contributed by atoms with Gasteiger partial charge in [-0.25, -0.2) is 9.50 Å². The van der Waals surface area contributed by atoms with Gasteiger partial charge in [0, 0.05) is 29.2 Å². The lowest BCUT2D eigenvalue weighted by Crippen LogP contribution is -2.30. The van der Waals surface area contributed by atoms with E-state index in [2.05, 4.69) is 21.1 Å². The van der Waals surface area contributed by atoms with E-state index in [-0.39, 0.29) is 5.91 Å². The first-order valence-corrected chi connectivity index (χ1v) is 8.94. The van der Waals surface area contributed by atoms with Gasteiger partial charge in [-0.3, -0.25) is 4.79 Å². The van der Waals surface area contributed by atoms with Crippen LogP contribution >= 0.6 is 11.3 Å². The molecular weight excluding hydrogens is 322 g/mol. The van der Waals surface area contributed by atoms with Gasteiger partial charge in [-0.15, -0.1) is 11.3 Å². The van der Waals surface area contributed by atoms with Crippen LogP contribution in [0.4, 0.5) is 0 Å². The monoisotopic (exact) mass is 343 g/mol. The summed E-state index contributed by atoms with van der Waals surface area (Å²) >= 11 is 1.68. The van der Waals surface area contributed by atoms with E-state index in [1.807, 2.05) is 37.1 Å². The van der Waals surface area contributed by atoms with Crippen molar-refractivity contribution in [3.8, 4) is 0 Å². The van der Waals surface area contributed by atoms with Crippen molar-refractivity contribution < 1.29 is 4.79 Å². The molecule has 0 saturated heterocycles. The summed E-state index contributed by atoms with van der Waals surface area (Å²) in [4.78, 5) is 24.3. The Morgan fingerprint density at radius 1 is 1.38 bits per heavy atom. The third kappa shape index (κ3) is 3.31. The number of carbonyl (C=O) groups is 1. The zero-order chi connectivity index (χ0) is 17.1. The van der Waals surface area contributed by atoms with Gasteiger partial charge in [-0.2, -0.15) is 10.1 Å². The first kappa shape index (κ1) is 16.6. The van der Waals surface area contributed by atoms with Gasteiger partial charge in [-0.1, -0.05) is 6.07 Å². The highest BCUT2D eigenvalue weighted by molar-refractivity contribution is 7.09. The first-order valence-electron chi connectivity index (χ1n) is 8.06. The summed E-state index contributed by atoms with van der Waals surface area (Å²) in [5, 5.41) is 6.24. The van der Waals surface area contributed by atoms with Crippen molar-refractivity contribution in [1.29, 1.82) is 0 Å². The molecule has 0 bridgehead atoms. The zero-order valence-corrected chi connectivity index (χ0v) is 15.0. The molecule has 0 radical (unpaired) electrons. The topological polar surface area (TPSA) is 63.4 Å². The van der Waals surface area contributed by atoms with Crippen molar-refractivity contribution in [3.05, 3.63) is 45.7 Å². The lowest BCUT2D eigenvalue weighted by Gasteiger charge is -2.20. The highest BCUT2D eigenvalue weighted by Crippen LogP contribution is 2.17. The molecule has 6 nitrogen and oxygen atoms in total. The Labute approximate surface area is 145 Å². The number of aryl methyl sites for hydroxylation is 2. The number of amides is 1. The predicted molar refractivity (Wildman–Crippen MR) is 94.0 cm³/mol. The summed E-state index contributed by atoms with van der Waals surface area (Å²) in [5.74, 6) is 0.774. The molecule has 0 unspecified atom stereocenters. The quantitative estimate of drug-likeness (QED) is 0.690. The van der Waals surface area contributed by atoms with E-state index >= 15 is 0 Å². The molecule has 1 amide bonds. The number of carbonyl (C=O) groups excluding carboxylic acids is 1. The maximum absolute atomic E-state index is 12.6. The molecule has 7 heteroatoms. The molecule has 0 saturated carbocycles. The second-order valence-electron chi connectivity index (χ2n) is 5.72. The van der Waals surface area contributed by atoms with Crippen molar-refractivity contribution in [1.82, 2.24) is 24.5 Å². The van der Waals surface area contributed by atoms with E-state index in [0.717, 1.165) is 23.5 Å².